The van der Waals surface area contributed by atoms with Crippen LogP contribution in [0.3, 0.4) is 0 Å². The van der Waals surface area contributed by atoms with Gasteiger partial charge in [-0.1, -0.05) is 31.5 Å². The van der Waals surface area contributed by atoms with E-state index in [-0.39, 0.29) is 16.9 Å². The number of hydrogen-bond donors (Lipinski definition) is 2. The van der Waals surface area contributed by atoms with Crippen molar-refractivity contribution in [3.63, 3.8) is 0 Å². The summed E-state index contributed by atoms with van der Waals surface area (Å²) in [4.78, 5) is 0.218. The maximum Gasteiger partial charge on any atom is 0.240 e. The molecule has 0 bridgehead atoms. The van der Waals surface area contributed by atoms with Gasteiger partial charge in [0, 0.05) is 23.7 Å². The number of rotatable bonds is 7. The third kappa shape index (κ3) is 4.68. The summed E-state index contributed by atoms with van der Waals surface area (Å²) >= 11 is 6.21. The molecular formula is C15H23ClN2O2S. The summed E-state index contributed by atoms with van der Waals surface area (Å²) in [5.41, 5.74) is 0.930. The van der Waals surface area contributed by atoms with Crippen molar-refractivity contribution in [3.8, 4) is 0 Å². The summed E-state index contributed by atoms with van der Waals surface area (Å²) in [6.07, 6.45) is 2.42. The third-order valence-electron chi connectivity index (χ3n) is 3.83. The lowest BCUT2D eigenvalue weighted by molar-refractivity contribution is 0.476. The SMILES string of the molecule is CC(C)C(C)NS(=O)(=O)c1ccc(CNC2CC2)c(Cl)c1. The highest BCUT2D eigenvalue weighted by molar-refractivity contribution is 7.89. The molecule has 0 aliphatic heterocycles. The van der Waals surface area contributed by atoms with Crippen LogP contribution < -0.4 is 10.0 Å². The van der Waals surface area contributed by atoms with Crippen molar-refractivity contribution in [1.29, 1.82) is 0 Å². The van der Waals surface area contributed by atoms with Gasteiger partial charge in [0.15, 0.2) is 0 Å². The van der Waals surface area contributed by atoms with E-state index in [1.165, 1.54) is 18.9 Å². The van der Waals surface area contributed by atoms with E-state index in [4.69, 9.17) is 11.6 Å². The summed E-state index contributed by atoms with van der Waals surface area (Å²) in [6.45, 7) is 6.50. The van der Waals surface area contributed by atoms with Crippen LogP contribution in [0.25, 0.3) is 0 Å². The Bertz CT molecular complexity index is 598. The van der Waals surface area contributed by atoms with Crippen LogP contribution in [-0.2, 0) is 16.6 Å². The lowest BCUT2D eigenvalue weighted by Crippen LogP contribution is -2.36. The van der Waals surface area contributed by atoms with Crippen molar-refractivity contribution in [2.24, 2.45) is 5.92 Å². The molecule has 0 heterocycles. The van der Waals surface area contributed by atoms with Gasteiger partial charge >= 0.3 is 0 Å². The van der Waals surface area contributed by atoms with Gasteiger partial charge in [0.2, 0.25) is 10.0 Å². The molecule has 4 nitrogen and oxygen atoms in total. The normalized spacial score (nSPS) is 17.2. The quantitative estimate of drug-likeness (QED) is 0.808. The van der Waals surface area contributed by atoms with E-state index in [1.807, 2.05) is 20.8 Å². The Morgan fingerprint density at radius 2 is 1.95 bits per heavy atom. The van der Waals surface area contributed by atoms with Crippen LogP contribution in [0, 0.1) is 5.92 Å². The molecule has 1 aromatic rings. The van der Waals surface area contributed by atoms with E-state index >= 15 is 0 Å². The maximum absolute atomic E-state index is 12.3. The van der Waals surface area contributed by atoms with Crippen LogP contribution in [0.2, 0.25) is 5.02 Å². The smallest absolute Gasteiger partial charge is 0.240 e. The first-order chi connectivity index (χ1) is 9.79. The van der Waals surface area contributed by atoms with E-state index < -0.39 is 10.0 Å². The van der Waals surface area contributed by atoms with Gasteiger partial charge in [-0.25, -0.2) is 13.1 Å². The highest BCUT2D eigenvalue weighted by atomic mass is 35.5. The highest BCUT2D eigenvalue weighted by Gasteiger charge is 2.22. The minimum atomic E-state index is -3.52. The fourth-order valence-corrected chi connectivity index (χ4v) is 3.56. The maximum atomic E-state index is 12.3. The molecule has 0 aromatic heterocycles. The predicted molar refractivity (Wildman–Crippen MR) is 85.9 cm³/mol. The fraction of sp³-hybridized carbons (Fsp3) is 0.600. The first-order valence-corrected chi connectivity index (χ1v) is 9.20. The van der Waals surface area contributed by atoms with Gasteiger partial charge in [0.05, 0.1) is 4.90 Å². The van der Waals surface area contributed by atoms with E-state index in [0.717, 1.165) is 5.56 Å². The Morgan fingerprint density at radius 1 is 1.29 bits per heavy atom. The van der Waals surface area contributed by atoms with Crippen LogP contribution in [0.1, 0.15) is 39.2 Å². The number of halogens is 1. The first kappa shape index (κ1) is 16.7. The van der Waals surface area contributed by atoms with Gasteiger partial charge in [-0.3, -0.25) is 0 Å². The van der Waals surface area contributed by atoms with Gasteiger partial charge in [-0.15, -0.1) is 0 Å². The molecule has 1 aromatic carbocycles. The Labute approximate surface area is 132 Å². The monoisotopic (exact) mass is 330 g/mol. The molecule has 1 aliphatic carbocycles. The van der Waals surface area contributed by atoms with Crippen molar-refractivity contribution < 1.29 is 8.42 Å². The van der Waals surface area contributed by atoms with Crippen LogP contribution in [0.15, 0.2) is 23.1 Å². The second-order valence-electron chi connectivity index (χ2n) is 6.06. The van der Waals surface area contributed by atoms with Crippen molar-refractivity contribution in [2.45, 2.75) is 57.1 Å². The minimum Gasteiger partial charge on any atom is -0.310 e. The molecule has 0 amide bonds. The molecule has 0 spiro atoms. The van der Waals surface area contributed by atoms with Crippen molar-refractivity contribution in [2.75, 3.05) is 0 Å². The average molecular weight is 331 g/mol. The zero-order valence-electron chi connectivity index (χ0n) is 12.7. The molecule has 0 radical (unpaired) electrons. The number of hydrogen-bond acceptors (Lipinski definition) is 3. The Morgan fingerprint density at radius 3 is 2.48 bits per heavy atom. The summed E-state index contributed by atoms with van der Waals surface area (Å²) in [5.74, 6) is 0.234. The molecule has 21 heavy (non-hydrogen) atoms. The minimum absolute atomic E-state index is 0.120. The third-order valence-corrected chi connectivity index (χ3v) is 5.74. The second kappa shape index (κ2) is 6.65. The largest absolute Gasteiger partial charge is 0.310 e. The number of benzene rings is 1. The van der Waals surface area contributed by atoms with E-state index in [1.54, 1.807) is 12.1 Å². The Kier molecular flexibility index (Phi) is 5.30. The Hall–Kier alpha value is -0.620. The van der Waals surface area contributed by atoms with E-state index in [9.17, 15) is 8.42 Å². The van der Waals surface area contributed by atoms with Crippen molar-refractivity contribution in [3.05, 3.63) is 28.8 Å². The van der Waals surface area contributed by atoms with Crippen LogP contribution in [0.4, 0.5) is 0 Å². The molecule has 1 fully saturated rings. The predicted octanol–water partition coefficient (Wildman–Crippen LogP) is 2.91. The second-order valence-corrected chi connectivity index (χ2v) is 8.18. The van der Waals surface area contributed by atoms with Crippen LogP contribution in [-0.4, -0.2) is 20.5 Å². The zero-order valence-corrected chi connectivity index (χ0v) is 14.3. The molecule has 2 N–H and O–H groups in total. The summed E-state index contributed by atoms with van der Waals surface area (Å²) < 4.78 is 27.3. The summed E-state index contributed by atoms with van der Waals surface area (Å²) in [7, 11) is -3.52. The van der Waals surface area contributed by atoms with E-state index in [0.29, 0.717) is 17.6 Å². The average Bonchev–Trinajstić information content (AvgIpc) is 3.20. The van der Waals surface area contributed by atoms with Gasteiger partial charge in [0.25, 0.3) is 0 Å². The standard InChI is InChI=1S/C15H23ClN2O2S/c1-10(2)11(3)18-21(19,20)14-7-4-12(15(16)8-14)9-17-13-5-6-13/h4,7-8,10-11,13,17-18H,5-6,9H2,1-3H3. The zero-order chi connectivity index (χ0) is 15.6. The molecule has 6 heteroatoms. The number of nitrogens with one attached hydrogen (secondary N) is 2. The molecule has 2 rings (SSSR count). The summed E-state index contributed by atoms with van der Waals surface area (Å²) in [5, 5.41) is 3.86. The first-order valence-electron chi connectivity index (χ1n) is 7.33. The molecule has 1 saturated carbocycles. The van der Waals surface area contributed by atoms with Crippen molar-refractivity contribution in [1.82, 2.24) is 10.0 Å². The fourth-order valence-electron chi connectivity index (χ4n) is 1.83. The molecule has 118 valence electrons. The molecule has 1 aliphatic rings. The molecule has 1 atom stereocenters. The molecule has 1 unspecified atom stereocenters. The van der Waals surface area contributed by atoms with Gasteiger partial charge in [-0.05, 0) is 43.4 Å². The number of sulfonamides is 1. The lowest BCUT2D eigenvalue weighted by atomic mass is 10.1. The van der Waals surface area contributed by atoms with Gasteiger partial charge in [0.1, 0.15) is 0 Å². The topological polar surface area (TPSA) is 58.2 Å². The van der Waals surface area contributed by atoms with Crippen LogP contribution in [0.5, 0.6) is 0 Å². The highest BCUT2D eigenvalue weighted by Crippen LogP contribution is 2.24. The van der Waals surface area contributed by atoms with Crippen LogP contribution >= 0.6 is 11.6 Å². The summed E-state index contributed by atoms with van der Waals surface area (Å²) in [6, 6.07) is 5.40. The van der Waals surface area contributed by atoms with Crippen molar-refractivity contribution >= 4 is 21.6 Å². The van der Waals surface area contributed by atoms with Gasteiger partial charge < -0.3 is 5.32 Å². The van der Waals surface area contributed by atoms with E-state index in [2.05, 4.69) is 10.0 Å². The lowest BCUT2D eigenvalue weighted by Gasteiger charge is -2.18. The van der Waals surface area contributed by atoms with Gasteiger partial charge in [-0.2, -0.15) is 0 Å². The molecule has 0 saturated heterocycles. The molecular weight excluding hydrogens is 308 g/mol. The Balaban J connectivity index is 2.10.